The molecule has 0 radical (unpaired) electrons. The van der Waals surface area contributed by atoms with Crippen molar-refractivity contribution in [3.8, 4) is 0 Å². The number of fused-ring (bicyclic) bond motifs is 1. The minimum Gasteiger partial charge on any atom is -0.381 e. The molecule has 2 aromatic heterocycles. The van der Waals surface area contributed by atoms with Gasteiger partial charge in [-0.1, -0.05) is 0 Å². The lowest BCUT2D eigenvalue weighted by molar-refractivity contribution is 0.0845. The molecule has 1 saturated heterocycles. The van der Waals surface area contributed by atoms with Gasteiger partial charge in [0.2, 0.25) is 5.95 Å². The Morgan fingerprint density at radius 2 is 2.11 bits per heavy atom. The highest BCUT2D eigenvalue weighted by molar-refractivity contribution is 5.87. The first-order chi connectivity index (χ1) is 13.2. The molecule has 144 valence electrons. The quantitative estimate of drug-likeness (QED) is 0.855. The maximum atomic E-state index is 11.5. The van der Waals surface area contributed by atoms with E-state index in [4.69, 9.17) is 9.72 Å². The van der Waals surface area contributed by atoms with Crippen molar-refractivity contribution in [1.29, 1.82) is 0 Å². The summed E-state index contributed by atoms with van der Waals surface area (Å²) in [6.45, 7) is 5.20. The zero-order chi connectivity index (χ0) is 18.8. The number of urea groups is 1. The molecule has 27 heavy (non-hydrogen) atoms. The van der Waals surface area contributed by atoms with E-state index in [-0.39, 0.29) is 12.1 Å². The van der Waals surface area contributed by atoms with Crippen LogP contribution < -0.4 is 15.5 Å². The second-order valence-electron chi connectivity index (χ2n) is 6.92. The largest absolute Gasteiger partial charge is 0.381 e. The van der Waals surface area contributed by atoms with Crippen molar-refractivity contribution < 1.29 is 9.53 Å². The van der Waals surface area contributed by atoms with Crippen LogP contribution in [0.4, 0.5) is 16.6 Å². The number of nitrogens with one attached hydrogen (secondary N) is 2. The molecule has 2 aliphatic heterocycles. The predicted molar refractivity (Wildman–Crippen MR) is 101 cm³/mol. The third kappa shape index (κ3) is 3.59. The van der Waals surface area contributed by atoms with Gasteiger partial charge in [-0.25, -0.2) is 14.8 Å². The van der Waals surface area contributed by atoms with Crippen LogP contribution >= 0.6 is 0 Å². The fourth-order valence-electron chi connectivity index (χ4n) is 3.74. The molecular weight excluding hydrogens is 346 g/mol. The van der Waals surface area contributed by atoms with Crippen LogP contribution in [0, 0.1) is 0 Å². The molecule has 2 amide bonds. The number of ether oxygens (including phenoxy) is 1. The summed E-state index contributed by atoms with van der Waals surface area (Å²) in [7, 11) is 1.58. The molecule has 0 bridgehead atoms. The monoisotopic (exact) mass is 371 g/mol. The Hall–Kier alpha value is -2.68. The van der Waals surface area contributed by atoms with Crippen molar-refractivity contribution in [2.75, 3.05) is 37.0 Å². The van der Waals surface area contributed by atoms with Gasteiger partial charge in [0.15, 0.2) is 5.82 Å². The van der Waals surface area contributed by atoms with Gasteiger partial charge in [-0.2, -0.15) is 5.10 Å². The second kappa shape index (κ2) is 7.51. The molecule has 0 saturated carbocycles. The van der Waals surface area contributed by atoms with Crippen LogP contribution in [0.15, 0.2) is 18.3 Å². The minimum atomic E-state index is -0.276. The average molecular weight is 371 g/mol. The number of rotatable bonds is 3. The van der Waals surface area contributed by atoms with E-state index in [1.807, 2.05) is 23.0 Å². The van der Waals surface area contributed by atoms with Gasteiger partial charge in [-0.3, -0.25) is 10.00 Å². The Kier molecular flexibility index (Phi) is 4.93. The van der Waals surface area contributed by atoms with E-state index in [1.165, 1.54) is 0 Å². The fraction of sp³-hybridized carbons (Fsp3) is 0.556. The summed E-state index contributed by atoms with van der Waals surface area (Å²) in [5, 5.41) is 9.74. The molecule has 2 aliphatic rings. The topological polar surface area (TPSA) is 97.2 Å². The highest BCUT2D eigenvalue weighted by Crippen LogP contribution is 2.31. The maximum Gasteiger partial charge on any atom is 0.320 e. The van der Waals surface area contributed by atoms with E-state index in [0.717, 1.165) is 56.5 Å². The highest BCUT2D eigenvalue weighted by atomic mass is 16.5. The molecule has 4 rings (SSSR count). The summed E-state index contributed by atoms with van der Waals surface area (Å²) in [6, 6.07) is 3.72. The Morgan fingerprint density at radius 1 is 1.30 bits per heavy atom. The number of amides is 2. The van der Waals surface area contributed by atoms with Gasteiger partial charge in [0, 0.05) is 50.7 Å². The molecule has 0 spiro atoms. The standard InChI is InChI=1S/C18H25N7O2/c1-12-15-11-16(22-18(26)19-2)23-25(15)8-7-24(12)17-20-6-3-14(21-17)13-4-9-27-10-5-13/h3,6,11-13H,4-5,7-10H2,1-2H3,(H2,19,22,23,26). The molecule has 4 heterocycles. The Morgan fingerprint density at radius 3 is 2.89 bits per heavy atom. The van der Waals surface area contributed by atoms with Crippen LogP contribution in [0.3, 0.4) is 0 Å². The molecule has 2 N–H and O–H groups in total. The van der Waals surface area contributed by atoms with Gasteiger partial charge in [0.05, 0.1) is 18.3 Å². The van der Waals surface area contributed by atoms with Crippen LogP contribution in [-0.4, -0.2) is 52.6 Å². The summed E-state index contributed by atoms with van der Waals surface area (Å²) in [5.74, 6) is 1.74. The number of nitrogens with zero attached hydrogens (tertiary/aromatic N) is 5. The molecule has 9 heteroatoms. The predicted octanol–water partition coefficient (Wildman–Crippen LogP) is 1.90. The summed E-state index contributed by atoms with van der Waals surface area (Å²) < 4.78 is 7.40. The van der Waals surface area contributed by atoms with Crippen molar-refractivity contribution in [2.45, 2.75) is 38.3 Å². The van der Waals surface area contributed by atoms with Crippen molar-refractivity contribution >= 4 is 17.8 Å². The number of carbonyl (C=O) groups excluding carboxylic acids is 1. The van der Waals surface area contributed by atoms with Crippen LogP contribution in [0.2, 0.25) is 0 Å². The zero-order valence-corrected chi connectivity index (χ0v) is 15.7. The number of aromatic nitrogens is 4. The molecular formula is C18H25N7O2. The number of anilines is 2. The Balaban J connectivity index is 1.55. The van der Waals surface area contributed by atoms with E-state index >= 15 is 0 Å². The van der Waals surface area contributed by atoms with E-state index < -0.39 is 0 Å². The van der Waals surface area contributed by atoms with Crippen LogP contribution in [0.1, 0.15) is 43.1 Å². The van der Waals surface area contributed by atoms with E-state index in [2.05, 4.69) is 32.5 Å². The first-order valence-electron chi connectivity index (χ1n) is 9.39. The summed E-state index contributed by atoms with van der Waals surface area (Å²) >= 11 is 0. The lowest BCUT2D eigenvalue weighted by atomic mass is 9.96. The van der Waals surface area contributed by atoms with Crippen LogP contribution in [0.25, 0.3) is 0 Å². The molecule has 0 aliphatic carbocycles. The third-order valence-corrected chi connectivity index (χ3v) is 5.29. The van der Waals surface area contributed by atoms with E-state index in [9.17, 15) is 4.79 Å². The second-order valence-corrected chi connectivity index (χ2v) is 6.92. The summed E-state index contributed by atoms with van der Waals surface area (Å²) in [4.78, 5) is 23.1. The molecule has 1 unspecified atom stereocenters. The minimum absolute atomic E-state index is 0.0661. The van der Waals surface area contributed by atoms with Gasteiger partial charge in [-0.15, -0.1) is 0 Å². The fourth-order valence-corrected chi connectivity index (χ4v) is 3.74. The van der Waals surface area contributed by atoms with Gasteiger partial charge in [0.1, 0.15) is 0 Å². The van der Waals surface area contributed by atoms with Gasteiger partial charge in [0.25, 0.3) is 0 Å². The molecule has 1 fully saturated rings. The first kappa shape index (κ1) is 17.7. The van der Waals surface area contributed by atoms with E-state index in [1.54, 1.807) is 7.05 Å². The lowest BCUT2D eigenvalue weighted by Crippen LogP contribution is -2.38. The molecule has 2 aromatic rings. The molecule has 1 atom stereocenters. The summed E-state index contributed by atoms with van der Waals surface area (Å²) in [6.07, 6.45) is 3.87. The first-order valence-corrected chi connectivity index (χ1v) is 9.39. The van der Waals surface area contributed by atoms with E-state index in [0.29, 0.717) is 11.7 Å². The van der Waals surface area contributed by atoms with Crippen molar-refractivity contribution in [2.24, 2.45) is 0 Å². The molecule has 0 aromatic carbocycles. The Labute approximate surface area is 158 Å². The SMILES string of the molecule is CNC(=O)Nc1cc2n(n1)CCN(c1nccc(C3CCOCC3)n1)C2C. The van der Waals surface area contributed by atoms with Crippen LogP contribution in [-0.2, 0) is 11.3 Å². The average Bonchev–Trinajstić information content (AvgIpc) is 3.12. The molecule has 9 nitrogen and oxygen atoms in total. The number of hydrogen-bond acceptors (Lipinski definition) is 6. The van der Waals surface area contributed by atoms with Crippen molar-refractivity contribution in [3.05, 3.63) is 29.7 Å². The van der Waals surface area contributed by atoms with Gasteiger partial charge >= 0.3 is 6.03 Å². The third-order valence-electron chi connectivity index (χ3n) is 5.29. The normalized spacial score (nSPS) is 20.2. The smallest absolute Gasteiger partial charge is 0.320 e. The zero-order valence-electron chi connectivity index (χ0n) is 15.7. The van der Waals surface area contributed by atoms with Crippen LogP contribution in [0.5, 0.6) is 0 Å². The summed E-state index contributed by atoms with van der Waals surface area (Å²) in [5.41, 5.74) is 2.13. The number of hydrogen-bond donors (Lipinski definition) is 2. The van der Waals surface area contributed by atoms with Crippen molar-refractivity contribution in [3.63, 3.8) is 0 Å². The maximum absolute atomic E-state index is 11.5. The number of carbonyl (C=O) groups is 1. The Bertz CT molecular complexity index is 816. The highest BCUT2D eigenvalue weighted by Gasteiger charge is 2.28. The van der Waals surface area contributed by atoms with Crippen molar-refractivity contribution in [1.82, 2.24) is 25.1 Å². The van der Waals surface area contributed by atoms with Gasteiger partial charge < -0.3 is 15.0 Å². The van der Waals surface area contributed by atoms with Gasteiger partial charge in [-0.05, 0) is 25.8 Å². The lowest BCUT2D eigenvalue weighted by Gasteiger charge is -2.34.